The molecule has 0 spiro atoms. The SMILES string of the molecule is CCN(CC)[C@H](CNS(=O)(=O)c1ccc2c(c1)CCCN2C(C)=O)c1ccccc1Cl. The molecule has 0 radical (unpaired) electrons. The van der Waals surface area contributed by atoms with Crippen LogP contribution < -0.4 is 9.62 Å². The monoisotopic (exact) mass is 463 g/mol. The van der Waals surface area contributed by atoms with Crippen LogP contribution in [-0.2, 0) is 21.2 Å². The molecular formula is C23H30ClN3O3S. The van der Waals surface area contributed by atoms with Gasteiger partial charge in [-0.3, -0.25) is 9.69 Å². The van der Waals surface area contributed by atoms with Crippen LogP contribution in [0.15, 0.2) is 47.4 Å². The van der Waals surface area contributed by atoms with Gasteiger partial charge in [-0.2, -0.15) is 0 Å². The summed E-state index contributed by atoms with van der Waals surface area (Å²) < 4.78 is 29.0. The summed E-state index contributed by atoms with van der Waals surface area (Å²) >= 11 is 6.43. The standard InChI is InChI=1S/C23H30ClN3O3S/c1-4-26(5-2)23(20-10-6-7-11-21(20)24)16-25-31(29,30)19-12-13-22-18(15-19)9-8-14-27(22)17(3)28/h6-7,10-13,15,23,25H,4-5,8-9,14,16H2,1-3H3/t23-/m1/s1. The number of rotatable bonds is 8. The summed E-state index contributed by atoms with van der Waals surface area (Å²) in [6.45, 7) is 8.05. The van der Waals surface area contributed by atoms with E-state index < -0.39 is 10.0 Å². The van der Waals surface area contributed by atoms with E-state index in [4.69, 9.17) is 11.6 Å². The van der Waals surface area contributed by atoms with Crippen molar-refractivity contribution >= 4 is 33.2 Å². The van der Waals surface area contributed by atoms with Gasteiger partial charge in [0, 0.05) is 36.8 Å². The van der Waals surface area contributed by atoms with Gasteiger partial charge in [0.15, 0.2) is 0 Å². The second-order valence-electron chi connectivity index (χ2n) is 7.68. The summed E-state index contributed by atoms with van der Waals surface area (Å²) in [5, 5.41) is 0.622. The molecule has 0 saturated carbocycles. The van der Waals surface area contributed by atoms with E-state index >= 15 is 0 Å². The normalized spacial score (nSPS) is 15.1. The average molecular weight is 464 g/mol. The van der Waals surface area contributed by atoms with Crippen LogP contribution in [0.3, 0.4) is 0 Å². The molecule has 0 bridgehead atoms. The Hall–Kier alpha value is -1.93. The zero-order chi connectivity index (χ0) is 22.6. The number of hydrogen-bond acceptors (Lipinski definition) is 4. The van der Waals surface area contributed by atoms with Crippen molar-refractivity contribution in [3.05, 3.63) is 58.6 Å². The highest BCUT2D eigenvalue weighted by Gasteiger charge is 2.26. The van der Waals surface area contributed by atoms with E-state index in [9.17, 15) is 13.2 Å². The van der Waals surface area contributed by atoms with Crippen LogP contribution in [0.2, 0.25) is 5.02 Å². The van der Waals surface area contributed by atoms with Crippen LogP contribution in [-0.4, -0.2) is 45.4 Å². The van der Waals surface area contributed by atoms with Gasteiger partial charge < -0.3 is 4.90 Å². The van der Waals surface area contributed by atoms with Crippen molar-refractivity contribution < 1.29 is 13.2 Å². The Morgan fingerprint density at radius 2 is 1.90 bits per heavy atom. The van der Waals surface area contributed by atoms with Crippen LogP contribution in [0, 0.1) is 0 Å². The van der Waals surface area contributed by atoms with Crippen molar-refractivity contribution in [2.24, 2.45) is 0 Å². The highest BCUT2D eigenvalue weighted by atomic mass is 35.5. The van der Waals surface area contributed by atoms with Crippen LogP contribution in [0.25, 0.3) is 0 Å². The van der Waals surface area contributed by atoms with Crippen LogP contribution in [0.1, 0.15) is 44.4 Å². The molecule has 0 aliphatic carbocycles. The zero-order valence-electron chi connectivity index (χ0n) is 18.3. The number of carbonyl (C=O) groups excluding carboxylic acids is 1. The lowest BCUT2D eigenvalue weighted by Gasteiger charge is -2.31. The molecule has 0 unspecified atom stereocenters. The topological polar surface area (TPSA) is 69.7 Å². The lowest BCUT2D eigenvalue weighted by Crippen LogP contribution is -2.38. The minimum absolute atomic E-state index is 0.0310. The maximum absolute atomic E-state index is 13.1. The number of amides is 1. The molecule has 0 aromatic heterocycles. The third-order valence-electron chi connectivity index (χ3n) is 5.84. The van der Waals surface area contributed by atoms with Crippen molar-refractivity contribution in [1.29, 1.82) is 0 Å². The van der Waals surface area contributed by atoms with Gasteiger partial charge in [-0.15, -0.1) is 0 Å². The van der Waals surface area contributed by atoms with E-state index in [1.54, 1.807) is 23.1 Å². The molecule has 1 amide bonds. The first kappa shape index (κ1) is 23.7. The Balaban J connectivity index is 1.85. The summed E-state index contributed by atoms with van der Waals surface area (Å²) in [7, 11) is -3.72. The Labute approximate surface area is 190 Å². The molecule has 31 heavy (non-hydrogen) atoms. The lowest BCUT2D eigenvalue weighted by atomic mass is 10.0. The van der Waals surface area contributed by atoms with E-state index in [0.29, 0.717) is 11.6 Å². The fourth-order valence-corrected chi connectivity index (χ4v) is 5.54. The predicted octanol–water partition coefficient (Wildman–Crippen LogP) is 4.00. The molecule has 3 rings (SSSR count). The van der Waals surface area contributed by atoms with Crippen LogP contribution in [0.4, 0.5) is 5.69 Å². The number of carbonyl (C=O) groups is 1. The molecular weight excluding hydrogens is 434 g/mol. The summed E-state index contributed by atoms with van der Waals surface area (Å²) in [4.78, 5) is 16.0. The van der Waals surface area contributed by atoms with E-state index in [1.165, 1.54) is 6.92 Å². The molecule has 2 aromatic rings. The fraction of sp³-hybridized carbons (Fsp3) is 0.435. The Morgan fingerprint density at radius 1 is 1.19 bits per heavy atom. The Bertz CT molecular complexity index is 1040. The van der Waals surface area contributed by atoms with E-state index in [-0.39, 0.29) is 23.4 Å². The Morgan fingerprint density at radius 3 is 2.55 bits per heavy atom. The predicted molar refractivity (Wildman–Crippen MR) is 125 cm³/mol. The molecule has 1 N–H and O–H groups in total. The molecule has 168 valence electrons. The molecule has 6 nitrogen and oxygen atoms in total. The molecule has 0 saturated heterocycles. The lowest BCUT2D eigenvalue weighted by molar-refractivity contribution is -0.116. The maximum Gasteiger partial charge on any atom is 0.240 e. The highest BCUT2D eigenvalue weighted by Crippen LogP contribution is 2.30. The summed E-state index contributed by atoms with van der Waals surface area (Å²) in [6, 6.07) is 12.4. The summed E-state index contributed by atoms with van der Waals surface area (Å²) in [5.41, 5.74) is 2.59. The third kappa shape index (κ3) is 5.29. The number of nitrogens with zero attached hydrogens (tertiary/aromatic N) is 2. The largest absolute Gasteiger partial charge is 0.312 e. The maximum atomic E-state index is 13.1. The highest BCUT2D eigenvalue weighted by molar-refractivity contribution is 7.89. The number of fused-ring (bicyclic) bond motifs is 1. The molecule has 1 atom stereocenters. The van der Waals surface area contributed by atoms with E-state index in [2.05, 4.69) is 9.62 Å². The van der Waals surface area contributed by atoms with Crippen molar-refractivity contribution in [2.75, 3.05) is 31.1 Å². The summed E-state index contributed by atoms with van der Waals surface area (Å²) in [5.74, 6) is -0.0310. The van der Waals surface area contributed by atoms with Gasteiger partial charge in [-0.05, 0) is 61.3 Å². The van der Waals surface area contributed by atoms with Crippen molar-refractivity contribution in [2.45, 2.75) is 44.6 Å². The first-order valence-corrected chi connectivity index (χ1v) is 12.5. The van der Waals surface area contributed by atoms with E-state index in [0.717, 1.165) is 42.7 Å². The van der Waals surface area contributed by atoms with Gasteiger partial charge in [0.25, 0.3) is 0 Å². The van der Waals surface area contributed by atoms with Gasteiger partial charge >= 0.3 is 0 Å². The van der Waals surface area contributed by atoms with Gasteiger partial charge in [-0.25, -0.2) is 13.1 Å². The van der Waals surface area contributed by atoms with E-state index in [1.807, 2.05) is 38.1 Å². The minimum atomic E-state index is -3.72. The number of aryl methyl sites for hydroxylation is 1. The second-order valence-corrected chi connectivity index (χ2v) is 9.85. The van der Waals surface area contributed by atoms with Crippen LogP contribution in [0.5, 0.6) is 0 Å². The number of nitrogens with one attached hydrogen (secondary N) is 1. The van der Waals surface area contributed by atoms with Crippen molar-refractivity contribution in [3.8, 4) is 0 Å². The quantitative estimate of drug-likeness (QED) is 0.642. The Kier molecular flexibility index (Phi) is 7.75. The van der Waals surface area contributed by atoms with Gasteiger partial charge in [0.05, 0.1) is 4.90 Å². The first-order valence-electron chi connectivity index (χ1n) is 10.7. The molecule has 8 heteroatoms. The number of benzene rings is 2. The number of likely N-dealkylation sites (N-methyl/N-ethyl adjacent to an activating group) is 1. The molecule has 0 fully saturated rings. The minimum Gasteiger partial charge on any atom is -0.312 e. The molecule has 1 heterocycles. The van der Waals surface area contributed by atoms with Gasteiger partial charge in [0.1, 0.15) is 0 Å². The second kappa shape index (κ2) is 10.1. The number of sulfonamides is 1. The molecule has 1 aliphatic rings. The van der Waals surface area contributed by atoms with Gasteiger partial charge in [0.2, 0.25) is 15.9 Å². The molecule has 2 aromatic carbocycles. The van der Waals surface area contributed by atoms with Gasteiger partial charge in [-0.1, -0.05) is 43.6 Å². The number of halogens is 1. The van der Waals surface area contributed by atoms with Crippen LogP contribution >= 0.6 is 11.6 Å². The van der Waals surface area contributed by atoms with Crippen molar-refractivity contribution in [1.82, 2.24) is 9.62 Å². The fourth-order valence-electron chi connectivity index (χ4n) is 4.19. The number of anilines is 1. The third-order valence-corrected chi connectivity index (χ3v) is 7.61. The first-order chi connectivity index (χ1) is 14.8. The average Bonchev–Trinajstić information content (AvgIpc) is 2.76. The molecule has 1 aliphatic heterocycles. The summed E-state index contributed by atoms with van der Waals surface area (Å²) in [6.07, 6.45) is 1.57. The smallest absolute Gasteiger partial charge is 0.240 e. The zero-order valence-corrected chi connectivity index (χ0v) is 19.8. The van der Waals surface area contributed by atoms with Crippen molar-refractivity contribution in [3.63, 3.8) is 0 Å². The number of hydrogen-bond donors (Lipinski definition) is 1.